The van der Waals surface area contributed by atoms with Crippen LogP contribution in [0.2, 0.25) is 0 Å². The Bertz CT molecular complexity index is 673. The minimum atomic E-state index is -0.847. The second kappa shape index (κ2) is 4.91. The number of hydrogen-bond acceptors (Lipinski definition) is 2. The number of carboxylic acids is 1. The van der Waals surface area contributed by atoms with Crippen LogP contribution in [0.4, 0.5) is 0 Å². The minimum absolute atomic E-state index is 0.127. The van der Waals surface area contributed by atoms with Crippen molar-refractivity contribution in [1.82, 2.24) is 9.88 Å². The first-order valence-corrected chi connectivity index (χ1v) is 7.10. The van der Waals surface area contributed by atoms with Gasteiger partial charge in [0.2, 0.25) is 0 Å². The number of carbonyl (C=O) groups excluding carboxylic acids is 1. The number of H-pyrrole nitrogens is 1. The first-order valence-electron chi connectivity index (χ1n) is 7.10. The van der Waals surface area contributed by atoms with Crippen molar-refractivity contribution in [3.63, 3.8) is 0 Å². The zero-order valence-corrected chi connectivity index (χ0v) is 11.9. The number of aliphatic carboxylic acids is 1. The zero-order chi connectivity index (χ0) is 15.0. The van der Waals surface area contributed by atoms with E-state index in [4.69, 9.17) is 0 Å². The smallest absolute Gasteiger partial charge is 0.311 e. The van der Waals surface area contributed by atoms with Gasteiger partial charge in [0.05, 0.1) is 5.41 Å². The van der Waals surface area contributed by atoms with Crippen molar-refractivity contribution in [2.45, 2.75) is 19.8 Å². The molecule has 1 aliphatic heterocycles. The van der Waals surface area contributed by atoms with E-state index in [1.165, 1.54) is 0 Å². The Kier molecular flexibility index (Phi) is 3.20. The molecule has 2 heterocycles. The summed E-state index contributed by atoms with van der Waals surface area (Å²) < 4.78 is 0. The lowest BCUT2D eigenvalue weighted by molar-refractivity contribution is -0.150. The van der Waals surface area contributed by atoms with Crippen molar-refractivity contribution < 1.29 is 14.7 Å². The van der Waals surface area contributed by atoms with Crippen LogP contribution in [0.5, 0.6) is 0 Å². The number of aromatic nitrogens is 1. The van der Waals surface area contributed by atoms with Gasteiger partial charge in [-0.15, -0.1) is 0 Å². The highest BCUT2D eigenvalue weighted by Gasteiger charge is 2.39. The fourth-order valence-electron chi connectivity index (χ4n) is 2.95. The van der Waals surface area contributed by atoms with Crippen LogP contribution in [0, 0.1) is 5.41 Å². The van der Waals surface area contributed by atoms with E-state index < -0.39 is 11.4 Å². The quantitative estimate of drug-likeness (QED) is 0.890. The monoisotopic (exact) mass is 286 g/mol. The van der Waals surface area contributed by atoms with Crippen molar-refractivity contribution in [2.75, 3.05) is 13.1 Å². The first-order chi connectivity index (χ1) is 9.99. The molecule has 0 spiro atoms. The van der Waals surface area contributed by atoms with Crippen LogP contribution in [0.15, 0.2) is 30.3 Å². The van der Waals surface area contributed by atoms with Crippen LogP contribution in [-0.4, -0.2) is 40.0 Å². The summed E-state index contributed by atoms with van der Waals surface area (Å²) in [4.78, 5) is 28.7. The molecule has 110 valence electrons. The molecule has 5 nitrogen and oxygen atoms in total. The second-order valence-electron chi connectivity index (χ2n) is 5.97. The second-order valence-corrected chi connectivity index (χ2v) is 5.97. The molecule has 1 unspecified atom stereocenters. The lowest BCUT2D eigenvalue weighted by atomic mass is 9.82. The van der Waals surface area contributed by atoms with E-state index in [1.807, 2.05) is 30.3 Å². The van der Waals surface area contributed by atoms with Crippen molar-refractivity contribution in [2.24, 2.45) is 5.41 Å². The summed E-state index contributed by atoms with van der Waals surface area (Å²) in [5.41, 5.74) is 0.588. The number of hydrogen-bond donors (Lipinski definition) is 2. The SMILES string of the molecule is CC1(C(=O)O)CCCN(C(=O)c2cc3ccccc3[nH]2)C1. The number of likely N-dealkylation sites (tertiary alicyclic amines) is 1. The van der Waals surface area contributed by atoms with Gasteiger partial charge in [-0.25, -0.2) is 0 Å². The summed E-state index contributed by atoms with van der Waals surface area (Å²) in [6, 6.07) is 9.52. The van der Waals surface area contributed by atoms with E-state index in [2.05, 4.69) is 4.98 Å². The molecule has 21 heavy (non-hydrogen) atoms. The van der Waals surface area contributed by atoms with Gasteiger partial charge in [0, 0.05) is 24.0 Å². The van der Waals surface area contributed by atoms with Crippen LogP contribution >= 0.6 is 0 Å². The Hall–Kier alpha value is -2.30. The highest BCUT2D eigenvalue weighted by Crippen LogP contribution is 2.30. The summed E-state index contributed by atoms with van der Waals surface area (Å²) in [6.45, 7) is 2.58. The van der Waals surface area contributed by atoms with Gasteiger partial charge in [0.1, 0.15) is 5.69 Å². The third kappa shape index (κ3) is 2.39. The number of benzene rings is 1. The molecule has 3 rings (SSSR count). The fraction of sp³-hybridized carbons (Fsp3) is 0.375. The third-order valence-corrected chi connectivity index (χ3v) is 4.26. The number of para-hydroxylation sites is 1. The summed E-state index contributed by atoms with van der Waals surface area (Å²) >= 11 is 0. The number of rotatable bonds is 2. The first kappa shape index (κ1) is 13.7. The van der Waals surface area contributed by atoms with E-state index in [0.29, 0.717) is 18.7 Å². The van der Waals surface area contributed by atoms with Gasteiger partial charge >= 0.3 is 5.97 Å². The normalized spacial score (nSPS) is 22.4. The lowest BCUT2D eigenvalue weighted by Gasteiger charge is -2.37. The average Bonchev–Trinajstić information content (AvgIpc) is 2.90. The molecule has 2 N–H and O–H groups in total. The van der Waals surface area contributed by atoms with Gasteiger partial charge in [-0.2, -0.15) is 0 Å². The molecular formula is C16H18N2O3. The summed E-state index contributed by atoms with van der Waals surface area (Å²) in [5, 5.41) is 10.3. The summed E-state index contributed by atoms with van der Waals surface area (Å²) in [6.07, 6.45) is 1.33. The minimum Gasteiger partial charge on any atom is -0.481 e. The molecule has 0 radical (unpaired) electrons. The molecule has 2 aromatic rings. The van der Waals surface area contributed by atoms with Crippen LogP contribution in [0.3, 0.4) is 0 Å². The molecule has 1 aromatic carbocycles. The number of carboxylic acid groups (broad SMARTS) is 1. The van der Waals surface area contributed by atoms with Gasteiger partial charge in [0.15, 0.2) is 0 Å². The number of fused-ring (bicyclic) bond motifs is 1. The van der Waals surface area contributed by atoms with E-state index in [0.717, 1.165) is 17.3 Å². The van der Waals surface area contributed by atoms with E-state index in [9.17, 15) is 14.7 Å². The van der Waals surface area contributed by atoms with Gasteiger partial charge in [0.25, 0.3) is 5.91 Å². The molecule has 1 atom stereocenters. The Morgan fingerprint density at radius 1 is 1.33 bits per heavy atom. The Morgan fingerprint density at radius 2 is 2.10 bits per heavy atom. The lowest BCUT2D eigenvalue weighted by Crippen LogP contribution is -2.48. The standard InChI is InChI=1S/C16H18N2O3/c1-16(15(20)21)7-4-8-18(10-16)14(19)13-9-11-5-2-3-6-12(11)17-13/h2-3,5-6,9,17H,4,7-8,10H2,1H3,(H,20,21). The van der Waals surface area contributed by atoms with Crippen LogP contribution in [-0.2, 0) is 4.79 Å². The Labute approximate surface area is 122 Å². The maximum atomic E-state index is 12.6. The van der Waals surface area contributed by atoms with Crippen molar-refractivity contribution in [3.05, 3.63) is 36.0 Å². The topological polar surface area (TPSA) is 73.4 Å². The predicted molar refractivity (Wildman–Crippen MR) is 79.2 cm³/mol. The van der Waals surface area contributed by atoms with Gasteiger partial charge < -0.3 is 15.0 Å². The summed E-state index contributed by atoms with van der Waals surface area (Å²) in [5.74, 6) is -0.963. The fourth-order valence-corrected chi connectivity index (χ4v) is 2.95. The number of aromatic amines is 1. The predicted octanol–water partition coefficient (Wildman–Crippen LogP) is 2.49. The molecule has 1 fully saturated rings. The molecule has 5 heteroatoms. The van der Waals surface area contributed by atoms with Gasteiger partial charge in [-0.1, -0.05) is 18.2 Å². The zero-order valence-electron chi connectivity index (χ0n) is 11.9. The van der Waals surface area contributed by atoms with Gasteiger partial charge in [-0.3, -0.25) is 9.59 Å². The molecule has 0 bridgehead atoms. The highest BCUT2D eigenvalue weighted by atomic mass is 16.4. The molecule has 1 saturated heterocycles. The van der Waals surface area contributed by atoms with Crippen LogP contribution in [0.1, 0.15) is 30.3 Å². The number of piperidine rings is 1. The van der Waals surface area contributed by atoms with Crippen molar-refractivity contribution in [1.29, 1.82) is 0 Å². The number of amides is 1. The van der Waals surface area contributed by atoms with Crippen molar-refractivity contribution >= 4 is 22.8 Å². The largest absolute Gasteiger partial charge is 0.481 e. The number of nitrogens with zero attached hydrogens (tertiary/aromatic N) is 1. The molecule has 0 aliphatic carbocycles. The number of carbonyl (C=O) groups is 2. The van der Waals surface area contributed by atoms with Gasteiger partial charge in [-0.05, 0) is 31.9 Å². The maximum absolute atomic E-state index is 12.6. The van der Waals surface area contributed by atoms with E-state index >= 15 is 0 Å². The van der Waals surface area contributed by atoms with Crippen molar-refractivity contribution in [3.8, 4) is 0 Å². The van der Waals surface area contributed by atoms with Crippen LogP contribution in [0.25, 0.3) is 10.9 Å². The van der Waals surface area contributed by atoms with E-state index in [-0.39, 0.29) is 12.5 Å². The number of nitrogens with one attached hydrogen (secondary N) is 1. The molecule has 0 saturated carbocycles. The highest BCUT2D eigenvalue weighted by molar-refractivity contribution is 5.98. The third-order valence-electron chi connectivity index (χ3n) is 4.26. The Balaban J connectivity index is 1.86. The summed E-state index contributed by atoms with van der Waals surface area (Å²) in [7, 11) is 0. The maximum Gasteiger partial charge on any atom is 0.311 e. The Morgan fingerprint density at radius 3 is 2.81 bits per heavy atom. The molecule has 1 amide bonds. The molecule has 1 aliphatic rings. The molecule has 1 aromatic heterocycles. The average molecular weight is 286 g/mol. The van der Waals surface area contributed by atoms with E-state index in [1.54, 1.807) is 11.8 Å². The molecular weight excluding hydrogens is 268 g/mol. The van der Waals surface area contributed by atoms with Crippen LogP contribution < -0.4 is 0 Å².